The number of rotatable bonds is 0. The lowest BCUT2D eigenvalue weighted by atomic mass is 9.50. The lowest BCUT2D eigenvalue weighted by Crippen LogP contribution is -2.46. The molecule has 0 radical (unpaired) electrons. The second-order valence-corrected chi connectivity index (χ2v) is 9.01. The van der Waals surface area contributed by atoms with Gasteiger partial charge in [-0.05, 0) is 59.4 Å². The molecule has 0 spiro atoms. The molecule has 2 bridgehead atoms. The van der Waals surface area contributed by atoms with Crippen LogP contribution < -0.4 is 0 Å². The normalized spacial score (nSPS) is 19.0. The molecule has 210 valence electrons. The summed E-state index contributed by atoms with van der Waals surface area (Å²) in [6.45, 7) is 8.49. The molecule has 2 aromatic carbocycles. The Kier molecular flexibility index (Phi) is 11.6. The second-order valence-electron chi connectivity index (χ2n) is 9.01. The third-order valence-electron chi connectivity index (χ3n) is 5.73. The number of hydrogen-bond acceptors (Lipinski definition) is 8. The van der Waals surface area contributed by atoms with E-state index < -0.39 is 23.9 Å². The number of carboxylic acid groups (broad SMARTS) is 4. The van der Waals surface area contributed by atoms with E-state index in [0.29, 0.717) is 0 Å². The SMILES string of the molecule is CC(=O)O.CC(=O)O.CC(=O)O.CC(=O)O.CC12CCC(C)(c3cc(O)c(O)cc31)c1cc(O)c(O)cc12. The van der Waals surface area contributed by atoms with Crippen LogP contribution in [-0.4, -0.2) is 64.7 Å². The van der Waals surface area contributed by atoms with E-state index in [1.54, 1.807) is 24.3 Å². The number of aliphatic carboxylic acids is 4. The van der Waals surface area contributed by atoms with Gasteiger partial charge in [-0.3, -0.25) is 19.2 Å². The maximum Gasteiger partial charge on any atom is 0.300 e. The first-order valence-electron chi connectivity index (χ1n) is 11.1. The number of carboxylic acids is 4. The van der Waals surface area contributed by atoms with E-state index in [-0.39, 0.29) is 33.8 Å². The highest BCUT2D eigenvalue weighted by Gasteiger charge is 2.52. The first-order chi connectivity index (χ1) is 17.2. The van der Waals surface area contributed by atoms with Gasteiger partial charge in [0, 0.05) is 38.5 Å². The van der Waals surface area contributed by atoms with Crippen molar-refractivity contribution in [2.45, 2.75) is 65.2 Å². The second kappa shape index (κ2) is 13.2. The van der Waals surface area contributed by atoms with Crippen LogP contribution in [0.25, 0.3) is 0 Å². The standard InChI is InChI=1S/C18H18O4.4C2H4O2/c1-17-3-4-18(2,11-7-15(21)13(19)5-9(11)17)12-8-16(22)14(20)6-10(12)17;4*1-2(3)4/h5-8,19-22H,3-4H2,1-2H3;4*1H3,(H,3,4). The lowest BCUT2D eigenvalue weighted by molar-refractivity contribution is -0.135. The summed E-state index contributed by atoms with van der Waals surface area (Å²) in [6, 6.07) is 6.54. The van der Waals surface area contributed by atoms with E-state index in [9.17, 15) is 20.4 Å². The van der Waals surface area contributed by atoms with Gasteiger partial charge in [0.2, 0.25) is 0 Å². The van der Waals surface area contributed by atoms with Crippen LogP contribution in [0.1, 0.15) is 76.6 Å². The van der Waals surface area contributed by atoms with Crippen molar-refractivity contribution in [2.24, 2.45) is 0 Å². The van der Waals surface area contributed by atoms with Crippen molar-refractivity contribution in [3.63, 3.8) is 0 Å². The summed E-state index contributed by atoms with van der Waals surface area (Å²) in [6.07, 6.45) is 1.77. The molecule has 0 fully saturated rings. The van der Waals surface area contributed by atoms with Gasteiger partial charge in [0.25, 0.3) is 23.9 Å². The van der Waals surface area contributed by atoms with Gasteiger partial charge < -0.3 is 40.9 Å². The molecule has 0 atom stereocenters. The summed E-state index contributed by atoms with van der Waals surface area (Å²) in [7, 11) is 0. The highest BCUT2D eigenvalue weighted by Crippen LogP contribution is 2.61. The summed E-state index contributed by atoms with van der Waals surface area (Å²) < 4.78 is 0. The number of phenolic OH excluding ortho intramolecular Hbond substituents is 4. The van der Waals surface area contributed by atoms with Crippen LogP contribution in [0.5, 0.6) is 23.0 Å². The van der Waals surface area contributed by atoms with Gasteiger partial charge in [0.05, 0.1) is 0 Å². The third kappa shape index (κ3) is 8.57. The van der Waals surface area contributed by atoms with Gasteiger partial charge in [-0.1, -0.05) is 13.8 Å². The molecule has 3 aliphatic carbocycles. The number of hydrogen-bond donors (Lipinski definition) is 8. The van der Waals surface area contributed by atoms with Crippen molar-refractivity contribution >= 4 is 23.9 Å². The molecule has 2 aromatic rings. The zero-order valence-corrected chi connectivity index (χ0v) is 21.9. The van der Waals surface area contributed by atoms with Crippen molar-refractivity contribution in [3.8, 4) is 23.0 Å². The Labute approximate surface area is 219 Å². The van der Waals surface area contributed by atoms with E-state index in [1.165, 1.54) is 0 Å². The highest BCUT2D eigenvalue weighted by atomic mass is 16.4. The van der Waals surface area contributed by atoms with Gasteiger partial charge in [0.1, 0.15) is 0 Å². The molecule has 5 rings (SSSR count). The lowest BCUT2D eigenvalue weighted by Gasteiger charge is -2.53. The summed E-state index contributed by atoms with van der Waals surface area (Å²) in [5, 5.41) is 69.3. The fourth-order valence-corrected chi connectivity index (χ4v) is 4.31. The molecule has 8 N–H and O–H groups in total. The van der Waals surface area contributed by atoms with Gasteiger partial charge >= 0.3 is 0 Å². The van der Waals surface area contributed by atoms with Crippen molar-refractivity contribution in [1.29, 1.82) is 0 Å². The zero-order chi connectivity index (χ0) is 30.2. The molecular weight excluding hydrogens is 504 g/mol. The van der Waals surface area contributed by atoms with E-state index in [4.69, 9.17) is 39.6 Å². The molecule has 0 aliphatic heterocycles. The number of benzene rings is 2. The molecular formula is C26H34O12. The van der Waals surface area contributed by atoms with Crippen molar-refractivity contribution < 1.29 is 60.0 Å². The predicted octanol–water partition coefficient (Wildman–Crippen LogP) is 3.59. The van der Waals surface area contributed by atoms with E-state index in [1.807, 2.05) is 0 Å². The molecule has 38 heavy (non-hydrogen) atoms. The average molecular weight is 539 g/mol. The fraction of sp³-hybridized carbons (Fsp3) is 0.385. The van der Waals surface area contributed by atoms with Gasteiger partial charge in [-0.25, -0.2) is 0 Å². The van der Waals surface area contributed by atoms with E-state index in [0.717, 1.165) is 62.8 Å². The number of phenols is 4. The Morgan fingerprint density at radius 3 is 0.763 bits per heavy atom. The summed E-state index contributed by atoms with van der Waals surface area (Å²) in [4.78, 5) is 36.0. The number of aromatic hydroxyl groups is 4. The largest absolute Gasteiger partial charge is 0.504 e. The van der Waals surface area contributed by atoms with Crippen molar-refractivity contribution in [3.05, 3.63) is 46.5 Å². The van der Waals surface area contributed by atoms with Crippen LogP contribution in [0.2, 0.25) is 0 Å². The summed E-state index contributed by atoms with van der Waals surface area (Å²) >= 11 is 0. The third-order valence-corrected chi connectivity index (χ3v) is 5.73. The molecule has 0 saturated carbocycles. The van der Waals surface area contributed by atoms with Crippen LogP contribution in [0.4, 0.5) is 0 Å². The molecule has 3 aliphatic rings. The summed E-state index contributed by atoms with van der Waals surface area (Å²) in [5.74, 6) is -3.83. The molecule has 0 unspecified atom stereocenters. The van der Waals surface area contributed by atoms with Crippen LogP contribution in [0, 0.1) is 0 Å². The molecule has 0 aromatic heterocycles. The first-order valence-corrected chi connectivity index (χ1v) is 11.1. The molecule has 0 amide bonds. The predicted molar refractivity (Wildman–Crippen MR) is 135 cm³/mol. The Morgan fingerprint density at radius 1 is 0.500 bits per heavy atom. The Bertz CT molecular complexity index is 1010. The minimum Gasteiger partial charge on any atom is -0.504 e. The minimum atomic E-state index is -0.833. The maximum atomic E-state index is 9.91. The monoisotopic (exact) mass is 538 g/mol. The minimum absolute atomic E-state index is 0.124. The van der Waals surface area contributed by atoms with Crippen LogP contribution in [-0.2, 0) is 30.0 Å². The molecule has 0 heterocycles. The Balaban J connectivity index is 0.000000709. The molecule has 12 nitrogen and oxygen atoms in total. The summed E-state index contributed by atoms with van der Waals surface area (Å²) in [5.41, 5.74) is 3.23. The average Bonchev–Trinajstić information content (AvgIpc) is 2.71. The van der Waals surface area contributed by atoms with Crippen LogP contribution >= 0.6 is 0 Å². The highest BCUT2D eigenvalue weighted by molar-refractivity contribution is 5.67. The van der Waals surface area contributed by atoms with Gasteiger partial charge in [0.15, 0.2) is 23.0 Å². The quantitative estimate of drug-likeness (QED) is 0.225. The van der Waals surface area contributed by atoms with Crippen molar-refractivity contribution in [2.75, 3.05) is 0 Å². The maximum absolute atomic E-state index is 9.91. The zero-order valence-electron chi connectivity index (χ0n) is 21.9. The smallest absolute Gasteiger partial charge is 0.300 e. The fourth-order valence-electron chi connectivity index (χ4n) is 4.31. The first kappa shape index (κ1) is 33.5. The van der Waals surface area contributed by atoms with E-state index in [2.05, 4.69) is 13.8 Å². The van der Waals surface area contributed by atoms with Crippen LogP contribution in [0.3, 0.4) is 0 Å². The van der Waals surface area contributed by atoms with E-state index >= 15 is 0 Å². The van der Waals surface area contributed by atoms with Gasteiger partial charge in [-0.2, -0.15) is 0 Å². The van der Waals surface area contributed by atoms with Gasteiger partial charge in [-0.15, -0.1) is 0 Å². The topological polar surface area (TPSA) is 230 Å². The van der Waals surface area contributed by atoms with Crippen molar-refractivity contribution in [1.82, 2.24) is 0 Å². The number of fused-ring (bicyclic) bond motifs is 1. The molecule has 0 saturated heterocycles. The number of carbonyl (C=O) groups is 4. The molecule has 12 heteroatoms. The van der Waals surface area contributed by atoms with Crippen LogP contribution in [0.15, 0.2) is 24.3 Å². The Morgan fingerprint density at radius 2 is 0.632 bits per heavy atom. The Hall–Kier alpha value is -4.48.